The van der Waals surface area contributed by atoms with E-state index in [0.717, 1.165) is 33.9 Å². The van der Waals surface area contributed by atoms with Crippen LogP contribution in [0.5, 0.6) is 17.2 Å². The zero-order chi connectivity index (χ0) is 30.1. The van der Waals surface area contributed by atoms with E-state index < -0.39 is 5.41 Å². The maximum absolute atomic E-state index is 6.40. The summed E-state index contributed by atoms with van der Waals surface area (Å²) in [5.74, 6) is 8.99. The maximum Gasteiger partial charge on any atom is 0.130 e. The highest BCUT2D eigenvalue weighted by molar-refractivity contribution is 5.86. The molecule has 2 nitrogen and oxygen atoms in total. The van der Waals surface area contributed by atoms with Crippen LogP contribution in [0.1, 0.15) is 44.5 Å². The fraction of sp³-hybridized carbons (Fsp3) is 0.0952. The Morgan fingerprint density at radius 1 is 0.523 bits per heavy atom. The van der Waals surface area contributed by atoms with Crippen LogP contribution < -0.4 is 9.47 Å². The van der Waals surface area contributed by atoms with Gasteiger partial charge in [0, 0.05) is 11.1 Å². The Kier molecular flexibility index (Phi) is 7.01. The number of aryl methyl sites for hydroxylation is 2. The van der Waals surface area contributed by atoms with E-state index in [-0.39, 0.29) is 0 Å². The van der Waals surface area contributed by atoms with Crippen LogP contribution in [-0.2, 0) is 5.41 Å². The van der Waals surface area contributed by atoms with Gasteiger partial charge in [0.1, 0.15) is 17.2 Å². The lowest BCUT2D eigenvalue weighted by atomic mass is 9.68. The molecule has 0 radical (unpaired) electrons. The normalized spacial score (nSPS) is 12.4. The van der Waals surface area contributed by atoms with Crippen LogP contribution in [0.2, 0.25) is 0 Å². The Balaban J connectivity index is 1.24. The molecular weight excluding hydrogens is 536 g/mol. The van der Waals surface area contributed by atoms with Crippen molar-refractivity contribution < 1.29 is 9.47 Å². The number of methoxy groups -OCH3 is 1. The van der Waals surface area contributed by atoms with Crippen LogP contribution in [0.3, 0.4) is 0 Å². The van der Waals surface area contributed by atoms with Crippen LogP contribution in [0.4, 0.5) is 0 Å². The summed E-state index contributed by atoms with van der Waals surface area (Å²) < 4.78 is 11.9. The molecule has 0 N–H and O–H groups in total. The van der Waals surface area contributed by atoms with Crippen molar-refractivity contribution in [2.45, 2.75) is 19.3 Å². The van der Waals surface area contributed by atoms with Gasteiger partial charge in [-0.05, 0) is 107 Å². The van der Waals surface area contributed by atoms with Gasteiger partial charge in [0.05, 0.1) is 12.5 Å². The summed E-state index contributed by atoms with van der Waals surface area (Å²) in [6.07, 6.45) is 0. The van der Waals surface area contributed by atoms with E-state index >= 15 is 0 Å². The summed E-state index contributed by atoms with van der Waals surface area (Å²) >= 11 is 0. The molecule has 0 aliphatic heterocycles. The summed E-state index contributed by atoms with van der Waals surface area (Å²) in [5, 5.41) is 0. The van der Waals surface area contributed by atoms with E-state index in [1.165, 1.54) is 38.9 Å². The Bertz CT molecular complexity index is 1980. The summed E-state index contributed by atoms with van der Waals surface area (Å²) in [6, 6.07) is 48.9. The van der Waals surface area contributed by atoms with Crippen LogP contribution >= 0.6 is 0 Å². The van der Waals surface area contributed by atoms with E-state index in [2.05, 4.69) is 153 Å². The molecule has 44 heavy (non-hydrogen) atoms. The molecular formula is C42H32O2. The average Bonchev–Trinajstić information content (AvgIpc) is 3.37. The Labute approximate surface area is 259 Å². The van der Waals surface area contributed by atoms with Crippen molar-refractivity contribution in [2.75, 3.05) is 7.11 Å². The van der Waals surface area contributed by atoms with Crippen molar-refractivity contribution >= 4 is 0 Å². The molecule has 0 bridgehead atoms. The minimum absolute atomic E-state index is 0.467. The fourth-order valence-corrected chi connectivity index (χ4v) is 6.39. The molecule has 0 atom stereocenters. The number of hydrogen-bond donors (Lipinski definition) is 0. The number of fused-ring (bicyclic) bond motifs is 3. The summed E-state index contributed by atoms with van der Waals surface area (Å²) in [7, 11) is 1.71. The minimum Gasteiger partial charge on any atom is -0.497 e. The van der Waals surface area contributed by atoms with Gasteiger partial charge < -0.3 is 9.47 Å². The zero-order valence-electron chi connectivity index (χ0n) is 25.1. The lowest BCUT2D eigenvalue weighted by molar-refractivity contribution is 0.414. The van der Waals surface area contributed by atoms with Gasteiger partial charge >= 0.3 is 0 Å². The Morgan fingerprint density at radius 3 is 1.61 bits per heavy atom. The Morgan fingerprint density at radius 2 is 1.05 bits per heavy atom. The molecule has 212 valence electrons. The zero-order valence-corrected chi connectivity index (χ0v) is 25.1. The van der Waals surface area contributed by atoms with Gasteiger partial charge in [-0.2, -0.15) is 0 Å². The summed E-state index contributed by atoms with van der Waals surface area (Å²) in [4.78, 5) is 0. The van der Waals surface area contributed by atoms with E-state index in [1.54, 1.807) is 7.11 Å². The standard InChI is InChI=1S/C42H32O2/c1-29-12-14-31(15-13-29)16-17-32-18-27-41(30(2)28-32)44-36-25-21-34(22-26-36)42(33-19-23-35(43-3)24-20-33)39-10-6-4-8-37(39)38-9-5-7-11-40(38)42/h4-15,18-28H,1-3H3. The number of rotatable bonds is 5. The van der Waals surface area contributed by atoms with Crippen molar-refractivity contribution in [3.8, 4) is 40.2 Å². The first kappa shape index (κ1) is 27.3. The Hall–Kier alpha value is -5.52. The van der Waals surface area contributed by atoms with Gasteiger partial charge in [-0.3, -0.25) is 0 Å². The van der Waals surface area contributed by atoms with Gasteiger partial charge in [-0.1, -0.05) is 102 Å². The predicted octanol–water partition coefficient (Wildman–Crippen LogP) is 9.87. The molecule has 1 aliphatic carbocycles. The van der Waals surface area contributed by atoms with Crippen LogP contribution in [0, 0.1) is 25.7 Å². The third-order valence-electron chi connectivity index (χ3n) is 8.57. The van der Waals surface area contributed by atoms with Gasteiger partial charge in [0.2, 0.25) is 0 Å². The molecule has 0 unspecified atom stereocenters. The second kappa shape index (κ2) is 11.3. The molecule has 0 fully saturated rings. The van der Waals surface area contributed by atoms with Crippen molar-refractivity contribution in [2.24, 2.45) is 0 Å². The minimum atomic E-state index is -0.467. The SMILES string of the molecule is COc1ccc(C2(c3ccc(Oc4ccc(C#Cc5ccc(C)cc5)cc4C)cc3)c3ccccc3-c3ccccc32)cc1. The van der Waals surface area contributed by atoms with E-state index in [1.807, 2.05) is 12.1 Å². The fourth-order valence-electron chi connectivity index (χ4n) is 6.39. The number of hydrogen-bond acceptors (Lipinski definition) is 2. The third kappa shape index (κ3) is 4.74. The lowest BCUT2D eigenvalue weighted by Crippen LogP contribution is -2.28. The second-order valence-corrected chi connectivity index (χ2v) is 11.3. The molecule has 0 spiro atoms. The molecule has 0 aromatic heterocycles. The van der Waals surface area contributed by atoms with Crippen LogP contribution in [0.15, 0.2) is 140 Å². The topological polar surface area (TPSA) is 18.5 Å². The maximum atomic E-state index is 6.40. The van der Waals surface area contributed by atoms with Crippen molar-refractivity contribution in [3.05, 3.63) is 184 Å². The van der Waals surface area contributed by atoms with Gasteiger partial charge in [0.25, 0.3) is 0 Å². The van der Waals surface area contributed by atoms with Crippen molar-refractivity contribution in [3.63, 3.8) is 0 Å². The second-order valence-electron chi connectivity index (χ2n) is 11.3. The molecule has 0 saturated carbocycles. The highest BCUT2D eigenvalue weighted by atomic mass is 16.5. The first-order valence-corrected chi connectivity index (χ1v) is 14.9. The third-order valence-corrected chi connectivity index (χ3v) is 8.57. The van der Waals surface area contributed by atoms with E-state index in [4.69, 9.17) is 9.47 Å². The highest BCUT2D eigenvalue weighted by Crippen LogP contribution is 2.56. The molecule has 1 aliphatic rings. The van der Waals surface area contributed by atoms with E-state index in [0.29, 0.717) is 0 Å². The van der Waals surface area contributed by atoms with Crippen LogP contribution in [0.25, 0.3) is 11.1 Å². The number of ether oxygens (including phenoxy) is 2. The summed E-state index contributed by atoms with van der Waals surface area (Å²) in [5.41, 5.74) is 11.2. The van der Waals surface area contributed by atoms with Gasteiger partial charge in [-0.25, -0.2) is 0 Å². The quantitative estimate of drug-likeness (QED) is 0.192. The number of benzene rings is 6. The smallest absolute Gasteiger partial charge is 0.130 e. The first-order valence-electron chi connectivity index (χ1n) is 14.9. The highest BCUT2D eigenvalue weighted by Gasteiger charge is 2.45. The van der Waals surface area contributed by atoms with Gasteiger partial charge in [-0.15, -0.1) is 0 Å². The molecule has 7 rings (SSSR count). The largest absolute Gasteiger partial charge is 0.497 e. The molecule has 0 saturated heterocycles. The summed E-state index contributed by atoms with van der Waals surface area (Å²) in [6.45, 7) is 4.14. The predicted molar refractivity (Wildman–Crippen MR) is 179 cm³/mol. The monoisotopic (exact) mass is 568 g/mol. The molecule has 0 heterocycles. The van der Waals surface area contributed by atoms with E-state index in [9.17, 15) is 0 Å². The molecule has 6 aromatic carbocycles. The first-order chi connectivity index (χ1) is 21.6. The average molecular weight is 569 g/mol. The molecule has 0 amide bonds. The van der Waals surface area contributed by atoms with Crippen molar-refractivity contribution in [1.29, 1.82) is 0 Å². The molecule has 6 aromatic rings. The molecule has 2 heteroatoms. The van der Waals surface area contributed by atoms with Crippen molar-refractivity contribution in [1.82, 2.24) is 0 Å². The van der Waals surface area contributed by atoms with Crippen LogP contribution in [-0.4, -0.2) is 7.11 Å². The lowest BCUT2D eigenvalue weighted by Gasteiger charge is -2.34. The van der Waals surface area contributed by atoms with Gasteiger partial charge in [0.15, 0.2) is 0 Å².